The molecule has 0 aliphatic heterocycles. The fourth-order valence-electron chi connectivity index (χ4n) is 10.6. The summed E-state index contributed by atoms with van der Waals surface area (Å²) < 4.78 is 4.85. The van der Waals surface area contributed by atoms with Crippen LogP contribution in [0.2, 0.25) is 0 Å². The average molecular weight is 865 g/mol. The third kappa shape index (κ3) is 6.15. The van der Waals surface area contributed by atoms with Crippen LogP contribution in [-0.2, 0) is 0 Å². The molecule has 0 aliphatic rings. The van der Waals surface area contributed by atoms with Crippen LogP contribution in [0.25, 0.3) is 132 Å². The highest BCUT2D eigenvalue weighted by Gasteiger charge is 2.19. The van der Waals surface area contributed by atoms with E-state index in [1.807, 2.05) is 0 Å². The molecule has 14 rings (SSSR count). The lowest BCUT2D eigenvalue weighted by atomic mass is 9.94. The van der Waals surface area contributed by atoms with Gasteiger partial charge in [-0.05, 0) is 129 Å². The maximum atomic E-state index is 5.45. The van der Waals surface area contributed by atoms with Crippen LogP contribution >= 0.6 is 0 Å². The smallest absolute Gasteiger partial charge is 0.160 e. The summed E-state index contributed by atoms with van der Waals surface area (Å²) in [6, 6.07) is 87.7. The molecule has 11 aromatic carbocycles. The van der Waals surface area contributed by atoms with Gasteiger partial charge in [0.15, 0.2) is 5.82 Å². The molecule has 0 saturated carbocycles. The van der Waals surface area contributed by atoms with Crippen LogP contribution in [0.1, 0.15) is 0 Å². The topological polar surface area (TPSA) is 35.6 Å². The number of aromatic nitrogens is 4. The van der Waals surface area contributed by atoms with E-state index in [0.717, 1.165) is 77.6 Å². The molecule has 3 heterocycles. The molecule has 14 aromatic rings. The number of benzene rings is 11. The summed E-state index contributed by atoms with van der Waals surface area (Å²) in [4.78, 5) is 10.7. The lowest BCUT2D eigenvalue weighted by Crippen LogP contribution is -1.97. The van der Waals surface area contributed by atoms with Crippen molar-refractivity contribution in [1.29, 1.82) is 0 Å². The molecule has 0 unspecified atom stereocenters. The Hall–Kier alpha value is -9.12. The van der Waals surface area contributed by atoms with Gasteiger partial charge in [-0.1, -0.05) is 158 Å². The lowest BCUT2D eigenvalue weighted by molar-refractivity contribution is 1.17. The molecule has 4 heteroatoms. The summed E-state index contributed by atoms with van der Waals surface area (Å²) in [5.41, 5.74) is 15.4. The second-order valence-corrected chi connectivity index (χ2v) is 17.8. The standard InChI is InChI=1S/C64H40N4/c1-3-15-41(16-4-1)47-34-48(42-17-5-2-6-18-42)36-50(35-47)63-55-23-9-12-24-58(55)65-64(66-63)46-28-27-43-29-30-51(37-49(43)33-46)68-61-32-31-52(40-57(61)56-38-44-19-7-8-20-45(44)39-62(56)68)67-59-25-13-10-21-53(59)54-22-11-14-26-60(54)67/h1-40H. The summed E-state index contributed by atoms with van der Waals surface area (Å²) in [7, 11) is 0. The minimum absolute atomic E-state index is 0.693. The molecular weight excluding hydrogens is 825 g/mol. The maximum Gasteiger partial charge on any atom is 0.160 e. The highest BCUT2D eigenvalue weighted by Crippen LogP contribution is 2.40. The predicted octanol–water partition coefficient (Wildman–Crippen LogP) is 16.8. The van der Waals surface area contributed by atoms with Gasteiger partial charge in [0.05, 0.1) is 33.3 Å². The highest BCUT2D eigenvalue weighted by molar-refractivity contribution is 6.15. The van der Waals surface area contributed by atoms with Gasteiger partial charge in [0.1, 0.15) is 0 Å². The van der Waals surface area contributed by atoms with Crippen LogP contribution in [0, 0.1) is 0 Å². The first-order chi connectivity index (χ1) is 33.7. The van der Waals surface area contributed by atoms with Crippen molar-refractivity contribution in [2.24, 2.45) is 0 Å². The Balaban J connectivity index is 0.941. The van der Waals surface area contributed by atoms with Crippen LogP contribution in [-0.4, -0.2) is 19.1 Å². The van der Waals surface area contributed by atoms with E-state index in [1.165, 1.54) is 48.9 Å². The maximum absolute atomic E-state index is 5.45. The molecule has 0 aliphatic carbocycles. The van der Waals surface area contributed by atoms with Crippen LogP contribution in [0.5, 0.6) is 0 Å². The van der Waals surface area contributed by atoms with E-state index in [9.17, 15) is 0 Å². The predicted molar refractivity (Wildman–Crippen MR) is 285 cm³/mol. The Bertz CT molecular complexity index is 4200. The van der Waals surface area contributed by atoms with E-state index in [-0.39, 0.29) is 0 Å². The van der Waals surface area contributed by atoms with Crippen molar-refractivity contribution >= 4 is 76.1 Å². The monoisotopic (exact) mass is 864 g/mol. The van der Waals surface area contributed by atoms with Gasteiger partial charge in [-0.15, -0.1) is 0 Å². The zero-order chi connectivity index (χ0) is 44.7. The molecule has 4 nitrogen and oxygen atoms in total. The summed E-state index contributed by atoms with van der Waals surface area (Å²) in [6.07, 6.45) is 0. The minimum atomic E-state index is 0.693. The minimum Gasteiger partial charge on any atom is -0.309 e. The first-order valence-electron chi connectivity index (χ1n) is 23.2. The molecule has 0 spiro atoms. The van der Waals surface area contributed by atoms with E-state index in [1.54, 1.807) is 0 Å². The third-order valence-corrected chi connectivity index (χ3v) is 13.8. The average Bonchev–Trinajstić information content (AvgIpc) is 3.91. The van der Waals surface area contributed by atoms with E-state index < -0.39 is 0 Å². The van der Waals surface area contributed by atoms with E-state index in [2.05, 4.69) is 252 Å². The van der Waals surface area contributed by atoms with Crippen molar-refractivity contribution in [2.45, 2.75) is 0 Å². The largest absolute Gasteiger partial charge is 0.309 e. The van der Waals surface area contributed by atoms with Crippen LogP contribution < -0.4 is 0 Å². The van der Waals surface area contributed by atoms with E-state index in [0.29, 0.717) is 5.82 Å². The first-order valence-corrected chi connectivity index (χ1v) is 23.2. The fraction of sp³-hybridized carbons (Fsp3) is 0. The fourth-order valence-corrected chi connectivity index (χ4v) is 10.6. The molecule has 0 radical (unpaired) electrons. The van der Waals surface area contributed by atoms with E-state index >= 15 is 0 Å². The summed E-state index contributed by atoms with van der Waals surface area (Å²) in [6.45, 7) is 0. The molecule has 3 aromatic heterocycles. The molecule has 0 atom stereocenters. The van der Waals surface area contributed by atoms with Gasteiger partial charge in [0, 0.05) is 49.4 Å². The Morgan fingerprint density at radius 2 is 0.779 bits per heavy atom. The van der Waals surface area contributed by atoms with Crippen LogP contribution in [0.15, 0.2) is 243 Å². The SMILES string of the molecule is c1ccc(-c2cc(-c3ccccc3)cc(-c3nc(-c4ccc5ccc(-n6c7ccc(-n8c9ccccc9c9ccccc98)cc7c7cc8ccccc8cc76)cc5c4)nc4ccccc34)c2)cc1. The summed E-state index contributed by atoms with van der Waals surface area (Å²) in [5, 5.41) is 10.7. The van der Waals surface area contributed by atoms with Gasteiger partial charge in [-0.25, -0.2) is 9.97 Å². The molecule has 0 amide bonds. The van der Waals surface area contributed by atoms with Gasteiger partial charge in [-0.3, -0.25) is 0 Å². The number of para-hydroxylation sites is 3. The van der Waals surface area contributed by atoms with Gasteiger partial charge in [0.25, 0.3) is 0 Å². The molecule has 0 saturated heterocycles. The van der Waals surface area contributed by atoms with Crippen LogP contribution in [0.3, 0.4) is 0 Å². The zero-order valence-corrected chi connectivity index (χ0v) is 36.9. The van der Waals surface area contributed by atoms with Gasteiger partial charge < -0.3 is 9.13 Å². The lowest BCUT2D eigenvalue weighted by Gasteiger charge is -2.14. The molecule has 316 valence electrons. The summed E-state index contributed by atoms with van der Waals surface area (Å²) in [5.74, 6) is 0.693. The quantitative estimate of drug-likeness (QED) is 0.167. The molecule has 0 bridgehead atoms. The van der Waals surface area contributed by atoms with Gasteiger partial charge in [-0.2, -0.15) is 0 Å². The Kier molecular flexibility index (Phi) is 8.55. The van der Waals surface area contributed by atoms with Gasteiger partial charge >= 0.3 is 0 Å². The Labute approximate surface area is 392 Å². The first kappa shape index (κ1) is 38.2. The number of hydrogen-bond acceptors (Lipinski definition) is 2. The molecule has 0 N–H and O–H groups in total. The molecular formula is C64H40N4. The molecule has 0 fully saturated rings. The Morgan fingerprint density at radius 3 is 1.50 bits per heavy atom. The number of hydrogen-bond donors (Lipinski definition) is 0. The third-order valence-electron chi connectivity index (χ3n) is 13.8. The van der Waals surface area contributed by atoms with Crippen molar-refractivity contribution in [3.05, 3.63) is 243 Å². The van der Waals surface area contributed by atoms with Crippen molar-refractivity contribution in [2.75, 3.05) is 0 Å². The van der Waals surface area contributed by atoms with Gasteiger partial charge in [0.2, 0.25) is 0 Å². The van der Waals surface area contributed by atoms with E-state index in [4.69, 9.17) is 9.97 Å². The van der Waals surface area contributed by atoms with Crippen molar-refractivity contribution in [3.8, 4) is 56.3 Å². The second kappa shape index (κ2) is 15.2. The van der Waals surface area contributed by atoms with Crippen LogP contribution in [0.4, 0.5) is 0 Å². The summed E-state index contributed by atoms with van der Waals surface area (Å²) >= 11 is 0. The normalized spacial score (nSPS) is 11.8. The van der Waals surface area contributed by atoms with Crippen molar-refractivity contribution < 1.29 is 0 Å². The Morgan fingerprint density at radius 1 is 0.250 bits per heavy atom. The zero-order valence-electron chi connectivity index (χ0n) is 36.9. The number of fused-ring (bicyclic) bond motifs is 9. The molecule has 68 heavy (non-hydrogen) atoms. The number of nitrogens with zero attached hydrogens (tertiary/aromatic N) is 4. The number of rotatable bonds is 6. The highest BCUT2D eigenvalue weighted by atomic mass is 15.0. The van der Waals surface area contributed by atoms with Crippen molar-refractivity contribution in [3.63, 3.8) is 0 Å². The van der Waals surface area contributed by atoms with Crippen molar-refractivity contribution in [1.82, 2.24) is 19.1 Å². The second-order valence-electron chi connectivity index (χ2n) is 17.8.